The van der Waals surface area contributed by atoms with Gasteiger partial charge in [-0.2, -0.15) is 0 Å². The van der Waals surface area contributed by atoms with Gasteiger partial charge in [-0.3, -0.25) is 4.79 Å². The number of anilines is 2. The molecule has 0 aliphatic heterocycles. The summed E-state index contributed by atoms with van der Waals surface area (Å²) in [6, 6.07) is 0. The molecule has 0 saturated heterocycles. The monoisotopic (exact) mass is 232 g/mol. The van der Waals surface area contributed by atoms with Gasteiger partial charge in [0.05, 0.1) is 5.69 Å². The molecular formula is C12H16N4O. The van der Waals surface area contributed by atoms with E-state index in [1.54, 1.807) is 6.20 Å². The molecule has 1 rings (SSSR count). The molecule has 0 unspecified atom stereocenters. The van der Waals surface area contributed by atoms with Crippen molar-refractivity contribution in [2.75, 3.05) is 18.0 Å². The summed E-state index contributed by atoms with van der Waals surface area (Å²) < 4.78 is 0. The van der Waals surface area contributed by atoms with E-state index in [-0.39, 0.29) is 5.91 Å². The number of hydrogen-bond donors (Lipinski definition) is 3. The number of amides is 1. The van der Waals surface area contributed by atoms with Crippen molar-refractivity contribution >= 4 is 17.4 Å². The summed E-state index contributed by atoms with van der Waals surface area (Å²) in [5.74, 6) is 6.17. The highest BCUT2D eigenvalue weighted by atomic mass is 16.1. The van der Waals surface area contributed by atoms with E-state index in [0.717, 1.165) is 11.1 Å². The topological polar surface area (TPSA) is 94.0 Å². The van der Waals surface area contributed by atoms with Gasteiger partial charge >= 0.3 is 0 Å². The van der Waals surface area contributed by atoms with E-state index in [1.165, 1.54) is 6.92 Å². The lowest BCUT2D eigenvalue weighted by Gasteiger charge is -2.04. The van der Waals surface area contributed by atoms with Crippen molar-refractivity contribution in [3.63, 3.8) is 0 Å². The highest BCUT2D eigenvalue weighted by Gasteiger charge is 2.03. The van der Waals surface area contributed by atoms with Gasteiger partial charge in [0.25, 0.3) is 0 Å². The third-order valence-electron chi connectivity index (χ3n) is 2.26. The van der Waals surface area contributed by atoms with Gasteiger partial charge in [-0.05, 0) is 12.5 Å². The van der Waals surface area contributed by atoms with Crippen molar-refractivity contribution in [2.45, 2.75) is 20.3 Å². The summed E-state index contributed by atoms with van der Waals surface area (Å²) in [6.07, 6.45) is 2.19. The van der Waals surface area contributed by atoms with E-state index < -0.39 is 0 Å². The second kappa shape index (κ2) is 5.75. The van der Waals surface area contributed by atoms with E-state index in [4.69, 9.17) is 11.5 Å². The number of carbonyl (C=O) groups is 1. The van der Waals surface area contributed by atoms with Crippen molar-refractivity contribution in [3.8, 4) is 11.8 Å². The van der Waals surface area contributed by atoms with Gasteiger partial charge < -0.3 is 16.8 Å². The van der Waals surface area contributed by atoms with Crippen LogP contribution in [0.25, 0.3) is 0 Å². The molecule has 0 radical (unpaired) electrons. The SMILES string of the molecule is CC(=O)NCCC#Cc1cnc(N)c(N)c1C. The zero-order valence-corrected chi connectivity index (χ0v) is 10.0. The fourth-order valence-corrected chi connectivity index (χ4v) is 1.22. The van der Waals surface area contributed by atoms with Crippen LogP contribution in [0.5, 0.6) is 0 Å². The second-order valence-electron chi connectivity index (χ2n) is 3.63. The van der Waals surface area contributed by atoms with Gasteiger partial charge in [-0.25, -0.2) is 4.98 Å². The largest absolute Gasteiger partial charge is 0.395 e. The highest BCUT2D eigenvalue weighted by Crippen LogP contribution is 2.19. The maximum absolute atomic E-state index is 10.6. The molecule has 0 aromatic carbocycles. The minimum Gasteiger partial charge on any atom is -0.395 e. The molecule has 0 spiro atoms. The first-order valence-electron chi connectivity index (χ1n) is 5.26. The van der Waals surface area contributed by atoms with Crippen LogP contribution in [-0.4, -0.2) is 17.4 Å². The highest BCUT2D eigenvalue weighted by molar-refractivity contribution is 5.72. The average Bonchev–Trinajstić information content (AvgIpc) is 2.28. The molecule has 0 aliphatic rings. The van der Waals surface area contributed by atoms with Crippen LogP contribution in [0, 0.1) is 18.8 Å². The van der Waals surface area contributed by atoms with E-state index in [2.05, 4.69) is 22.1 Å². The van der Waals surface area contributed by atoms with Crippen LogP contribution in [0.1, 0.15) is 24.5 Å². The Balaban J connectivity index is 2.66. The maximum atomic E-state index is 10.6. The number of nitrogens with zero attached hydrogens (tertiary/aromatic N) is 1. The van der Waals surface area contributed by atoms with Crippen molar-refractivity contribution in [2.24, 2.45) is 0 Å². The summed E-state index contributed by atoms with van der Waals surface area (Å²) in [6.45, 7) is 3.87. The first-order valence-corrected chi connectivity index (χ1v) is 5.26. The minimum atomic E-state index is -0.0543. The van der Waals surface area contributed by atoms with Crippen molar-refractivity contribution in [3.05, 3.63) is 17.3 Å². The summed E-state index contributed by atoms with van der Waals surface area (Å²) in [4.78, 5) is 14.6. The molecule has 0 fully saturated rings. The molecule has 0 atom stereocenters. The predicted molar refractivity (Wildman–Crippen MR) is 68.0 cm³/mol. The average molecular weight is 232 g/mol. The minimum absolute atomic E-state index is 0.0543. The Kier molecular flexibility index (Phi) is 4.35. The van der Waals surface area contributed by atoms with Crippen LogP contribution >= 0.6 is 0 Å². The normalized spacial score (nSPS) is 9.29. The molecule has 0 saturated carbocycles. The quantitative estimate of drug-likeness (QED) is 0.509. The molecule has 90 valence electrons. The Morgan fingerprint density at radius 2 is 2.24 bits per heavy atom. The first-order chi connectivity index (χ1) is 8.02. The van der Waals surface area contributed by atoms with Crippen molar-refractivity contribution in [1.29, 1.82) is 0 Å². The summed E-state index contributed by atoms with van der Waals surface area (Å²) in [7, 11) is 0. The molecule has 5 N–H and O–H groups in total. The lowest BCUT2D eigenvalue weighted by atomic mass is 10.1. The molecular weight excluding hydrogens is 216 g/mol. The molecule has 17 heavy (non-hydrogen) atoms. The fraction of sp³-hybridized carbons (Fsp3) is 0.333. The van der Waals surface area contributed by atoms with Gasteiger partial charge in [-0.15, -0.1) is 0 Å². The van der Waals surface area contributed by atoms with Gasteiger partial charge in [0.1, 0.15) is 5.82 Å². The first kappa shape index (κ1) is 12.8. The number of rotatable bonds is 2. The molecule has 0 aliphatic carbocycles. The number of pyridine rings is 1. The van der Waals surface area contributed by atoms with Gasteiger partial charge in [0.2, 0.25) is 5.91 Å². The third kappa shape index (κ3) is 3.68. The van der Waals surface area contributed by atoms with Crippen LogP contribution < -0.4 is 16.8 Å². The number of nitrogens with one attached hydrogen (secondary N) is 1. The van der Waals surface area contributed by atoms with Crippen LogP contribution in [0.3, 0.4) is 0 Å². The third-order valence-corrected chi connectivity index (χ3v) is 2.26. The maximum Gasteiger partial charge on any atom is 0.216 e. The van der Waals surface area contributed by atoms with Crippen LogP contribution in [0.2, 0.25) is 0 Å². The molecule has 1 heterocycles. The van der Waals surface area contributed by atoms with E-state index >= 15 is 0 Å². The molecule has 1 aromatic heterocycles. The van der Waals surface area contributed by atoms with Crippen LogP contribution in [0.15, 0.2) is 6.20 Å². The summed E-state index contributed by atoms with van der Waals surface area (Å²) in [5.41, 5.74) is 13.4. The number of hydrogen-bond acceptors (Lipinski definition) is 4. The Morgan fingerprint density at radius 1 is 1.53 bits per heavy atom. The number of nitrogen functional groups attached to an aromatic ring is 2. The van der Waals surface area contributed by atoms with Gasteiger partial charge in [0, 0.05) is 31.6 Å². The lowest BCUT2D eigenvalue weighted by Crippen LogP contribution is -2.20. The molecule has 5 heteroatoms. The van der Waals surface area contributed by atoms with Crippen LogP contribution in [0.4, 0.5) is 11.5 Å². The van der Waals surface area contributed by atoms with E-state index in [1.807, 2.05) is 6.92 Å². The molecule has 5 nitrogen and oxygen atoms in total. The van der Waals surface area contributed by atoms with Crippen molar-refractivity contribution < 1.29 is 4.79 Å². The van der Waals surface area contributed by atoms with Crippen molar-refractivity contribution in [1.82, 2.24) is 10.3 Å². The molecule has 1 aromatic rings. The zero-order chi connectivity index (χ0) is 12.8. The zero-order valence-electron chi connectivity index (χ0n) is 10.0. The number of nitrogens with two attached hydrogens (primary N) is 2. The number of carbonyl (C=O) groups excluding carboxylic acids is 1. The summed E-state index contributed by atoms with van der Waals surface area (Å²) in [5, 5.41) is 2.67. The summed E-state index contributed by atoms with van der Waals surface area (Å²) >= 11 is 0. The molecule has 0 bridgehead atoms. The van der Waals surface area contributed by atoms with E-state index in [9.17, 15) is 4.79 Å². The predicted octanol–water partition coefficient (Wildman–Crippen LogP) is 0.432. The Hall–Kier alpha value is -2.22. The lowest BCUT2D eigenvalue weighted by molar-refractivity contribution is -0.118. The Morgan fingerprint density at radius 3 is 2.88 bits per heavy atom. The van der Waals surface area contributed by atoms with Gasteiger partial charge in [0.15, 0.2) is 0 Å². The Labute approximate surface area is 101 Å². The second-order valence-corrected chi connectivity index (χ2v) is 3.63. The molecule has 1 amide bonds. The van der Waals surface area contributed by atoms with Gasteiger partial charge in [-0.1, -0.05) is 11.8 Å². The Bertz CT molecular complexity index is 485. The smallest absolute Gasteiger partial charge is 0.216 e. The van der Waals surface area contributed by atoms with Crippen LogP contribution in [-0.2, 0) is 4.79 Å². The standard InChI is InChI=1S/C12H16N4O/c1-8-10(7-16-12(14)11(8)13)5-3-4-6-15-9(2)17/h7H,4,6,13H2,1-2H3,(H2,14,16)(H,15,17). The van der Waals surface area contributed by atoms with E-state index in [0.29, 0.717) is 24.5 Å². The number of aromatic nitrogens is 1. The fourth-order valence-electron chi connectivity index (χ4n) is 1.22.